The van der Waals surface area contributed by atoms with Crippen molar-refractivity contribution in [2.24, 2.45) is 5.73 Å². The van der Waals surface area contributed by atoms with Crippen molar-refractivity contribution in [3.05, 3.63) is 29.6 Å². The van der Waals surface area contributed by atoms with E-state index in [1.54, 1.807) is 18.0 Å². The van der Waals surface area contributed by atoms with E-state index in [-0.39, 0.29) is 18.5 Å². The lowest BCUT2D eigenvalue weighted by Crippen LogP contribution is -2.44. The van der Waals surface area contributed by atoms with Crippen LogP contribution in [0.15, 0.2) is 18.2 Å². The summed E-state index contributed by atoms with van der Waals surface area (Å²) >= 11 is 0. The van der Waals surface area contributed by atoms with Gasteiger partial charge in [0.2, 0.25) is 0 Å². The van der Waals surface area contributed by atoms with Gasteiger partial charge in [0, 0.05) is 13.1 Å². The molecule has 0 saturated carbocycles. The van der Waals surface area contributed by atoms with Crippen LogP contribution in [0.1, 0.15) is 32.4 Å². The monoisotopic (exact) mass is 240 g/mol. The van der Waals surface area contributed by atoms with Crippen molar-refractivity contribution in [3.63, 3.8) is 0 Å². The van der Waals surface area contributed by atoms with Crippen LogP contribution in [0.2, 0.25) is 0 Å². The molecule has 0 bridgehead atoms. The van der Waals surface area contributed by atoms with Crippen molar-refractivity contribution in [1.82, 2.24) is 0 Å². The van der Waals surface area contributed by atoms with E-state index in [9.17, 15) is 9.50 Å². The molecule has 96 valence electrons. The minimum atomic E-state index is -0.503. The number of rotatable bonds is 4. The first-order valence-corrected chi connectivity index (χ1v) is 5.69. The standard InChI is InChI=1S/C13H21FN2O/c1-9(15)10-5-6-12(11(14)7-10)16(4)13(2,3)8-17/h5-7,9,17H,8,15H2,1-4H3. The van der Waals surface area contributed by atoms with Crippen molar-refractivity contribution >= 4 is 5.69 Å². The molecule has 0 aliphatic carbocycles. The van der Waals surface area contributed by atoms with Gasteiger partial charge in [0.25, 0.3) is 0 Å². The molecule has 0 fully saturated rings. The summed E-state index contributed by atoms with van der Waals surface area (Å²) in [7, 11) is 1.76. The first-order chi connectivity index (χ1) is 7.79. The van der Waals surface area contributed by atoms with E-state index in [2.05, 4.69) is 0 Å². The van der Waals surface area contributed by atoms with Crippen molar-refractivity contribution in [2.45, 2.75) is 32.4 Å². The molecular weight excluding hydrogens is 219 g/mol. The van der Waals surface area contributed by atoms with Crippen molar-refractivity contribution in [2.75, 3.05) is 18.6 Å². The maximum Gasteiger partial charge on any atom is 0.146 e. The maximum absolute atomic E-state index is 13.9. The molecule has 1 rings (SSSR count). The van der Waals surface area contributed by atoms with E-state index in [1.165, 1.54) is 6.07 Å². The molecule has 0 saturated heterocycles. The van der Waals surface area contributed by atoms with Crippen molar-refractivity contribution in [1.29, 1.82) is 0 Å². The molecule has 1 unspecified atom stereocenters. The number of benzene rings is 1. The van der Waals surface area contributed by atoms with Gasteiger partial charge in [-0.25, -0.2) is 4.39 Å². The molecule has 17 heavy (non-hydrogen) atoms. The molecule has 3 nitrogen and oxygen atoms in total. The molecule has 0 aliphatic heterocycles. The third kappa shape index (κ3) is 2.96. The van der Waals surface area contributed by atoms with Crippen LogP contribution in [-0.2, 0) is 0 Å². The fourth-order valence-corrected chi connectivity index (χ4v) is 1.51. The Hall–Kier alpha value is -1.13. The summed E-state index contributed by atoms with van der Waals surface area (Å²) in [4.78, 5) is 1.73. The summed E-state index contributed by atoms with van der Waals surface area (Å²) in [6.45, 7) is 5.48. The third-order valence-corrected chi connectivity index (χ3v) is 3.15. The summed E-state index contributed by atoms with van der Waals surface area (Å²) in [5, 5.41) is 9.28. The molecule has 1 atom stereocenters. The fourth-order valence-electron chi connectivity index (χ4n) is 1.51. The summed E-state index contributed by atoms with van der Waals surface area (Å²) in [6, 6.07) is 4.78. The van der Waals surface area contributed by atoms with Crippen molar-refractivity contribution in [3.8, 4) is 0 Å². The Morgan fingerprint density at radius 1 is 1.47 bits per heavy atom. The maximum atomic E-state index is 13.9. The smallest absolute Gasteiger partial charge is 0.146 e. The Balaban J connectivity index is 3.08. The molecule has 1 aromatic carbocycles. The number of halogens is 1. The predicted octanol–water partition coefficient (Wildman–Crippen LogP) is 2.05. The number of aliphatic hydroxyl groups is 1. The van der Waals surface area contributed by atoms with E-state index >= 15 is 0 Å². The fraction of sp³-hybridized carbons (Fsp3) is 0.538. The summed E-state index contributed by atoms with van der Waals surface area (Å²) in [5.41, 5.74) is 6.43. The van der Waals surface area contributed by atoms with Crippen LogP contribution in [0.5, 0.6) is 0 Å². The second kappa shape index (κ2) is 5.02. The molecule has 0 aliphatic rings. The normalized spacial score (nSPS) is 13.6. The second-order valence-electron chi connectivity index (χ2n) is 5.03. The third-order valence-electron chi connectivity index (χ3n) is 3.15. The lowest BCUT2D eigenvalue weighted by molar-refractivity contribution is 0.215. The van der Waals surface area contributed by atoms with Gasteiger partial charge in [-0.15, -0.1) is 0 Å². The van der Waals surface area contributed by atoms with Crippen LogP contribution in [0, 0.1) is 5.82 Å². The summed E-state index contributed by atoms with van der Waals surface area (Å²) < 4.78 is 13.9. The SMILES string of the molecule is CC(N)c1ccc(N(C)C(C)(C)CO)c(F)c1. The van der Waals surface area contributed by atoms with Crippen LogP contribution < -0.4 is 10.6 Å². The minimum Gasteiger partial charge on any atom is -0.394 e. The second-order valence-corrected chi connectivity index (χ2v) is 5.03. The average molecular weight is 240 g/mol. The Labute approximate surface area is 102 Å². The number of aliphatic hydroxyl groups excluding tert-OH is 1. The topological polar surface area (TPSA) is 49.5 Å². The van der Waals surface area contributed by atoms with Gasteiger partial charge in [-0.1, -0.05) is 6.07 Å². The van der Waals surface area contributed by atoms with Crippen molar-refractivity contribution < 1.29 is 9.50 Å². The van der Waals surface area contributed by atoms with Gasteiger partial charge in [-0.2, -0.15) is 0 Å². The van der Waals surface area contributed by atoms with Gasteiger partial charge >= 0.3 is 0 Å². The zero-order valence-electron chi connectivity index (χ0n) is 10.9. The molecule has 0 aromatic heterocycles. The van der Waals surface area contributed by atoms with Crippen LogP contribution in [0.4, 0.5) is 10.1 Å². The molecule has 1 aromatic rings. The Kier molecular flexibility index (Phi) is 4.11. The highest BCUT2D eigenvalue weighted by molar-refractivity contribution is 5.51. The lowest BCUT2D eigenvalue weighted by Gasteiger charge is -2.36. The van der Waals surface area contributed by atoms with Crippen LogP contribution in [0.3, 0.4) is 0 Å². The average Bonchev–Trinajstić information content (AvgIpc) is 2.27. The molecule has 0 heterocycles. The molecular formula is C13H21FN2O. The van der Waals surface area contributed by atoms with Crippen LogP contribution in [-0.4, -0.2) is 24.3 Å². The number of hydrogen-bond acceptors (Lipinski definition) is 3. The summed E-state index contributed by atoms with van der Waals surface area (Å²) in [5.74, 6) is -0.316. The van der Waals surface area contributed by atoms with Gasteiger partial charge in [0.15, 0.2) is 0 Å². The minimum absolute atomic E-state index is 0.0437. The number of anilines is 1. The quantitative estimate of drug-likeness (QED) is 0.847. The zero-order chi connectivity index (χ0) is 13.2. The lowest BCUT2D eigenvalue weighted by atomic mass is 10.0. The number of likely N-dealkylation sites (N-methyl/N-ethyl adjacent to an activating group) is 1. The highest BCUT2D eigenvalue weighted by Crippen LogP contribution is 2.26. The van der Waals surface area contributed by atoms with E-state index < -0.39 is 5.54 Å². The first-order valence-electron chi connectivity index (χ1n) is 5.69. The number of nitrogens with two attached hydrogens (primary N) is 1. The molecule has 0 radical (unpaired) electrons. The summed E-state index contributed by atoms with van der Waals surface area (Å²) in [6.07, 6.45) is 0. The largest absolute Gasteiger partial charge is 0.394 e. The van der Waals surface area contributed by atoms with Gasteiger partial charge in [-0.05, 0) is 38.5 Å². The zero-order valence-corrected chi connectivity index (χ0v) is 10.9. The van der Waals surface area contributed by atoms with E-state index in [0.29, 0.717) is 5.69 Å². The van der Waals surface area contributed by atoms with Gasteiger partial charge in [0.1, 0.15) is 5.82 Å². The van der Waals surface area contributed by atoms with Crippen LogP contribution >= 0.6 is 0 Å². The van der Waals surface area contributed by atoms with Gasteiger partial charge < -0.3 is 15.7 Å². The van der Waals surface area contributed by atoms with E-state index in [4.69, 9.17) is 5.73 Å². The molecule has 0 amide bonds. The molecule has 3 N–H and O–H groups in total. The Morgan fingerprint density at radius 3 is 2.47 bits per heavy atom. The number of hydrogen-bond donors (Lipinski definition) is 2. The molecule has 0 spiro atoms. The van der Waals surface area contributed by atoms with E-state index in [1.807, 2.05) is 26.8 Å². The Bertz CT molecular complexity index is 391. The van der Waals surface area contributed by atoms with Gasteiger partial charge in [-0.3, -0.25) is 0 Å². The Morgan fingerprint density at radius 2 is 2.06 bits per heavy atom. The molecule has 4 heteroatoms. The number of nitrogens with zero attached hydrogens (tertiary/aromatic N) is 1. The predicted molar refractivity (Wildman–Crippen MR) is 68.6 cm³/mol. The first kappa shape index (κ1) is 13.9. The highest BCUT2D eigenvalue weighted by atomic mass is 19.1. The van der Waals surface area contributed by atoms with Crippen LogP contribution in [0.25, 0.3) is 0 Å². The van der Waals surface area contributed by atoms with E-state index in [0.717, 1.165) is 5.56 Å². The van der Waals surface area contributed by atoms with Gasteiger partial charge in [0.05, 0.1) is 17.8 Å². The highest BCUT2D eigenvalue weighted by Gasteiger charge is 2.24.